The van der Waals surface area contributed by atoms with Crippen LogP contribution in [0.3, 0.4) is 0 Å². The van der Waals surface area contributed by atoms with Gasteiger partial charge in [0, 0.05) is 11.1 Å². The van der Waals surface area contributed by atoms with Crippen LogP contribution in [-0.4, -0.2) is 24.3 Å². The van der Waals surface area contributed by atoms with Gasteiger partial charge in [-0.2, -0.15) is 0 Å². The van der Waals surface area contributed by atoms with Crippen LogP contribution in [0.5, 0.6) is 17.2 Å². The first-order valence-electron chi connectivity index (χ1n) is 12.0. The molecule has 0 spiro atoms. The molecule has 3 rings (SSSR count). The zero-order chi connectivity index (χ0) is 25.2. The van der Waals surface area contributed by atoms with Gasteiger partial charge in [0.15, 0.2) is 0 Å². The molecule has 0 unspecified atom stereocenters. The van der Waals surface area contributed by atoms with Gasteiger partial charge in [0.2, 0.25) is 0 Å². The lowest BCUT2D eigenvalue weighted by atomic mass is 9.98. The molecule has 5 nitrogen and oxygen atoms in total. The van der Waals surface area contributed by atoms with Gasteiger partial charge in [-0.25, -0.2) is 4.39 Å². The number of ether oxygens (including phenoxy) is 3. The Morgan fingerprint density at radius 3 is 2.49 bits per heavy atom. The molecule has 1 N–H and O–H groups in total. The van der Waals surface area contributed by atoms with Crippen LogP contribution in [0.1, 0.15) is 57.1 Å². The van der Waals surface area contributed by atoms with E-state index in [1.165, 1.54) is 6.07 Å². The molecular weight excluding hydrogens is 447 g/mol. The monoisotopic (exact) mass is 480 g/mol. The van der Waals surface area contributed by atoms with Crippen LogP contribution in [0, 0.1) is 5.82 Å². The number of hydrogen-bond acceptors (Lipinski definition) is 4. The Bertz CT molecular complexity index is 1130. The summed E-state index contributed by atoms with van der Waals surface area (Å²) in [6.45, 7) is 7.18. The highest BCUT2D eigenvalue weighted by Gasteiger charge is 2.15. The fourth-order valence-electron chi connectivity index (χ4n) is 3.75. The number of aliphatic carboxylic acids is 1. The van der Waals surface area contributed by atoms with Crippen molar-refractivity contribution in [3.63, 3.8) is 0 Å². The number of halogens is 1. The zero-order valence-corrected chi connectivity index (χ0v) is 20.6. The maximum Gasteiger partial charge on any atom is 0.303 e. The van der Waals surface area contributed by atoms with Crippen molar-refractivity contribution in [3.05, 3.63) is 77.6 Å². The van der Waals surface area contributed by atoms with Crippen molar-refractivity contribution in [2.75, 3.05) is 13.2 Å². The van der Waals surface area contributed by atoms with Gasteiger partial charge in [-0.1, -0.05) is 44.5 Å². The first-order chi connectivity index (χ1) is 16.9. The second kappa shape index (κ2) is 12.8. The van der Waals surface area contributed by atoms with Gasteiger partial charge >= 0.3 is 5.97 Å². The molecule has 0 bridgehead atoms. The van der Waals surface area contributed by atoms with Gasteiger partial charge in [-0.05, 0) is 66.8 Å². The minimum atomic E-state index is -0.831. The first kappa shape index (κ1) is 26.1. The average Bonchev–Trinajstić information content (AvgIpc) is 2.84. The minimum Gasteiger partial charge on any atom is -0.494 e. The highest BCUT2D eigenvalue weighted by molar-refractivity contribution is 5.72. The van der Waals surface area contributed by atoms with Crippen molar-refractivity contribution in [2.45, 2.75) is 52.6 Å². The number of carbonyl (C=O) groups is 1. The van der Waals surface area contributed by atoms with Gasteiger partial charge in [0.1, 0.15) is 29.7 Å². The van der Waals surface area contributed by atoms with Crippen molar-refractivity contribution in [3.8, 4) is 28.4 Å². The van der Waals surface area contributed by atoms with Crippen molar-refractivity contribution in [1.29, 1.82) is 0 Å². The molecule has 6 heteroatoms. The number of benzene rings is 3. The third-order valence-electron chi connectivity index (χ3n) is 5.65. The van der Waals surface area contributed by atoms with Gasteiger partial charge < -0.3 is 19.3 Å². The molecule has 0 amide bonds. The normalized spacial score (nSPS) is 11.7. The molecule has 0 aliphatic rings. The summed E-state index contributed by atoms with van der Waals surface area (Å²) in [5, 5.41) is 9.06. The van der Waals surface area contributed by atoms with E-state index in [1.54, 1.807) is 12.1 Å². The summed E-state index contributed by atoms with van der Waals surface area (Å²) in [4.78, 5) is 11.0. The SMILES string of the molecule is CCCCOc1cc(COc2cccc([C@@H](C)CC(=O)O)c2)ccc1-c1cc(OCC)ccc1F. The largest absolute Gasteiger partial charge is 0.494 e. The van der Waals surface area contributed by atoms with E-state index in [-0.39, 0.29) is 18.2 Å². The maximum atomic E-state index is 14.7. The molecule has 3 aromatic rings. The van der Waals surface area contributed by atoms with Gasteiger partial charge in [0.05, 0.1) is 19.6 Å². The van der Waals surface area contributed by atoms with E-state index in [4.69, 9.17) is 19.3 Å². The molecule has 0 aliphatic carbocycles. The molecule has 0 fully saturated rings. The van der Waals surface area contributed by atoms with Crippen molar-refractivity contribution in [1.82, 2.24) is 0 Å². The number of unbranched alkanes of at least 4 members (excludes halogenated alkanes) is 1. The molecule has 186 valence electrons. The van der Waals surface area contributed by atoms with Crippen LogP contribution in [0.15, 0.2) is 60.7 Å². The lowest BCUT2D eigenvalue weighted by Gasteiger charge is -2.16. The third kappa shape index (κ3) is 7.47. The standard InChI is InChI=1S/C29H33FO5/c1-4-6-14-34-28-16-21(10-12-25(28)26-18-24(33-5-2)11-13-27(26)30)19-35-23-9-7-8-22(17-23)20(3)15-29(31)32/h7-13,16-18,20H,4-6,14-15,19H2,1-3H3,(H,31,32)/t20-/m0/s1. The lowest BCUT2D eigenvalue weighted by Crippen LogP contribution is -2.04. The van der Waals surface area contributed by atoms with Crippen LogP contribution >= 0.6 is 0 Å². The smallest absolute Gasteiger partial charge is 0.303 e. The third-order valence-corrected chi connectivity index (χ3v) is 5.65. The van der Waals surface area contributed by atoms with E-state index < -0.39 is 5.97 Å². The second-order valence-electron chi connectivity index (χ2n) is 8.47. The summed E-state index contributed by atoms with van der Waals surface area (Å²) in [7, 11) is 0. The molecule has 0 radical (unpaired) electrons. The quantitative estimate of drug-likeness (QED) is 0.262. The predicted octanol–water partition coefficient (Wildman–Crippen LogP) is 7.23. The van der Waals surface area contributed by atoms with Gasteiger partial charge in [-0.3, -0.25) is 4.79 Å². The number of hydrogen-bond donors (Lipinski definition) is 1. The Kier molecular flexibility index (Phi) is 9.53. The first-order valence-corrected chi connectivity index (χ1v) is 12.0. The molecule has 0 aliphatic heterocycles. The van der Waals surface area contributed by atoms with Crippen LogP contribution in [0.4, 0.5) is 4.39 Å². The predicted molar refractivity (Wildman–Crippen MR) is 135 cm³/mol. The van der Waals surface area contributed by atoms with Gasteiger partial charge in [-0.15, -0.1) is 0 Å². The fraction of sp³-hybridized carbons (Fsp3) is 0.345. The Labute approximate surface area is 206 Å². The minimum absolute atomic E-state index is 0.0600. The summed E-state index contributed by atoms with van der Waals surface area (Å²) >= 11 is 0. The van der Waals surface area contributed by atoms with Crippen LogP contribution in [-0.2, 0) is 11.4 Å². The molecule has 0 heterocycles. The van der Waals surface area contributed by atoms with E-state index in [2.05, 4.69) is 6.92 Å². The summed E-state index contributed by atoms with van der Waals surface area (Å²) in [5.41, 5.74) is 2.88. The van der Waals surface area contributed by atoms with E-state index in [0.29, 0.717) is 48.2 Å². The summed E-state index contributed by atoms with van der Waals surface area (Å²) in [6.07, 6.45) is 1.94. The number of rotatable bonds is 13. The molecule has 1 atom stereocenters. The Morgan fingerprint density at radius 1 is 0.943 bits per heavy atom. The molecule has 35 heavy (non-hydrogen) atoms. The second-order valence-corrected chi connectivity index (χ2v) is 8.47. The van der Waals surface area contributed by atoms with Gasteiger partial charge in [0.25, 0.3) is 0 Å². The molecule has 3 aromatic carbocycles. The van der Waals surface area contributed by atoms with Crippen LogP contribution < -0.4 is 14.2 Å². The summed E-state index contributed by atoms with van der Waals surface area (Å²) < 4.78 is 32.3. The van der Waals surface area contributed by atoms with Crippen molar-refractivity contribution < 1.29 is 28.5 Å². The van der Waals surface area contributed by atoms with Crippen molar-refractivity contribution >= 4 is 5.97 Å². The molecule has 0 saturated heterocycles. The summed E-state index contributed by atoms with van der Waals surface area (Å²) in [5.74, 6) is 0.570. The maximum absolute atomic E-state index is 14.7. The summed E-state index contributed by atoms with van der Waals surface area (Å²) in [6, 6.07) is 17.8. The van der Waals surface area contributed by atoms with E-state index in [1.807, 2.05) is 56.3 Å². The van der Waals surface area contributed by atoms with E-state index >= 15 is 0 Å². The zero-order valence-electron chi connectivity index (χ0n) is 20.6. The molecule has 0 saturated carbocycles. The topological polar surface area (TPSA) is 65.0 Å². The van der Waals surface area contributed by atoms with Crippen molar-refractivity contribution in [2.24, 2.45) is 0 Å². The fourth-order valence-corrected chi connectivity index (χ4v) is 3.75. The van der Waals surface area contributed by atoms with E-state index in [0.717, 1.165) is 24.0 Å². The number of carboxylic acid groups (broad SMARTS) is 1. The highest BCUT2D eigenvalue weighted by Crippen LogP contribution is 2.35. The van der Waals surface area contributed by atoms with Crippen LogP contribution in [0.25, 0.3) is 11.1 Å². The Morgan fingerprint density at radius 2 is 1.74 bits per heavy atom. The average molecular weight is 481 g/mol. The lowest BCUT2D eigenvalue weighted by molar-refractivity contribution is -0.137. The van der Waals surface area contributed by atoms with Crippen LogP contribution in [0.2, 0.25) is 0 Å². The van der Waals surface area contributed by atoms with E-state index in [9.17, 15) is 9.18 Å². The Hall–Kier alpha value is -3.54. The molecular formula is C29H33FO5. The highest BCUT2D eigenvalue weighted by atomic mass is 19.1. The number of carboxylic acids is 1. The Balaban J connectivity index is 1.82. The molecule has 0 aromatic heterocycles.